The van der Waals surface area contributed by atoms with Crippen LogP contribution in [0.3, 0.4) is 0 Å². The van der Waals surface area contributed by atoms with E-state index in [1.54, 1.807) is 11.8 Å². The molecule has 1 heterocycles. The first-order valence-electron chi connectivity index (χ1n) is 5.38. The van der Waals surface area contributed by atoms with Crippen LogP contribution in [0.5, 0.6) is 0 Å². The van der Waals surface area contributed by atoms with Gasteiger partial charge in [-0.2, -0.15) is 11.8 Å². The third kappa shape index (κ3) is 2.64. The van der Waals surface area contributed by atoms with E-state index in [1.165, 1.54) is 0 Å². The Morgan fingerprint density at radius 1 is 1.29 bits per heavy atom. The Balaban J connectivity index is 2.42. The molecular weight excluding hydrogens is 254 g/mol. The molecule has 0 aliphatic rings. The average Bonchev–Trinajstić information content (AvgIpc) is 2.73. The first-order valence-corrected chi connectivity index (χ1v) is 7.16. The quantitative estimate of drug-likeness (QED) is 0.849. The van der Waals surface area contributed by atoms with E-state index >= 15 is 0 Å². The second-order valence-corrected chi connectivity index (χ2v) is 5.08. The van der Waals surface area contributed by atoms with Crippen molar-refractivity contribution in [1.82, 2.24) is 14.8 Å². The van der Waals surface area contributed by atoms with Gasteiger partial charge in [-0.1, -0.05) is 30.3 Å². The number of hydrogen-bond donors (Lipinski definition) is 0. The first-order chi connectivity index (χ1) is 8.24. The van der Waals surface area contributed by atoms with Crippen LogP contribution in [-0.4, -0.2) is 26.8 Å². The monoisotopic (exact) mass is 267 g/mol. The zero-order valence-electron chi connectivity index (χ0n) is 9.80. The number of rotatable bonds is 4. The van der Waals surface area contributed by atoms with Crippen molar-refractivity contribution in [2.75, 3.05) is 12.0 Å². The molecule has 90 valence electrons. The van der Waals surface area contributed by atoms with E-state index in [9.17, 15) is 0 Å². The fourth-order valence-electron chi connectivity index (χ4n) is 1.76. The largest absolute Gasteiger partial charge is 0.294 e. The van der Waals surface area contributed by atoms with Crippen LogP contribution in [0.1, 0.15) is 13.0 Å². The highest BCUT2D eigenvalue weighted by molar-refractivity contribution is 7.98. The van der Waals surface area contributed by atoms with Crippen LogP contribution in [0.2, 0.25) is 5.28 Å². The zero-order valence-corrected chi connectivity index (χ0v) is 11.4. The normalized spacial score (nSPS) is 12.6. The lowest BCUT2D eigenvalue weighted by Gasteiger charge is -2.15. The summed E-state index contributed by atoms with van der Waals surface area (Å²) < 4.78 is 1.98. The first kappa shape index (κ1) is 12.5. The molecule has 0 saturated carbocycles. The van der Waals surface area contributed by atoms with Crippen LogP contribution >= 0.6 is 23.4 Å². The van der Waals surface area contributed by atoms with Crippen molar-refractivity contribution in [2.45, 2.75) is 13.0 Å². The van der Waals surface area contributed by atoms with Crippen molar-refractivity contribution in [2.24, 2.45) is 0 Å². The minimum atomic E-state index is 0.280. The summed E-state index contributed by atoms with van der Waals surface area (Å²) in [7, 11) is 0. The Kier molecular flexibility index (Phi) is 4.07. The van der Waals surface area contributed by atoms with E-state index in [2.05, 4.69) is 23.4 Å². The summed E-state index contributed by atoms with van der Waals surface area (Å²) in [5, 5.41) is 8.58. The van der Waals surface area contributed by atoms with Gasteiger partial charge in [-0.25, -0.2) is 0 Å². The maximum absolute atomic E-state index is 6.11. The molecule has 0 fully saturated rings. The van der Waals surface area contributed by atoms with Gasteiger partial charge in [0.25, 0.3) is 0 Å². The molecule has 0 bridgehead atoms. The third-order valence-electron chi connectivity index (χ3n) is 2.53. The standard InChI is InChI=1S/C12H14ClN3S/c1-9(8-17-2)16-11(14-15-12(16)13)10-6-4-3-5-7-10/h3-7,9H,8H2,1-2H3. The Hall–Kier alpha value is -1.00. The highest BCUT2D eigenvalue weighted by Crippen LogP contribution is 2.26. The Labute approximate surface area is 110 Å². The van der Waals surface area contributed by atoms with Crippen LogP contribution in [0, 0.1) is 0 Å². The van der Waals surface area contributed by atoms with Gasteiger partial charge in [-0.05, 0) is 24.8 Å². The SMILES string of the molecule is CSCC(C)n1c(Cl)nnc1-c1ccccc1. The van der Waals surface area contributed by atoms with Crippen LogP contribution in [0.25, 0.3) is 11.4 Å². The molecule has 0 spiro atoms. The molecule has 0 saturated heterocycles. The van der Waals surface area contributed by atoms with Gasteiger partial charge in [0.2, 0.25) is 5.28 Å². The molecule has 1 aromatic carbocycles. The van der Waals surface area contributed by atoms with Gasteiger partial charge >= 0.3 is 0 Å². The highest BCUT2D eigenvalue weighted by Gasteiger charge is 2.16. The molecule has 0 radical (unpaired) electrons. The Morgan fingerprint density at radius 3 is 2.65 bits per heavy atom. The number of hydrogen-bond acceptors (Lipinski definition) is 3. The van der Waals surface area contributed by atoms with Crippen molar-refractivity contribution in [3.63, 3.8) is 0 Å². The van der Waals surface area contributed by atoms with E-state index in [0.29, 0.717) is 5.28 Å². The summed E-state index contributed by atoms with van der Waals surface area (Å²) in [6.45, 7) is 2.12. The smallest absolute Gasteiger partial charge is 0.225 e. The van der Waals surface area contributed by atoms with Crippen LogP contribution in [0.4, 0.5) is 0 Å². The van der Waals surface area contributed by atoms with Crippen molar-refractivity contribution in [3.8, 4) is 11.4 Å². The second-order valence-electron chi connectivity index (χ2n) is 3.83. The molecular formula is C12H14ClN3S. The zero-order chi connectivity index (χ0) is 12.3. The Morgan fingerprint density at radius 2 is 2.00 bits per heavy atom. The molecule has 1 aromatic heterocycles. The van der Waals surface area contributed by atoms with E-state index in [4.69, 9.17) is 11.6 Å². The molecule has 1 atom stereocenters. The number of aromatic nitrogens is 3. The lowest BCUT2D eigenvalue weighted by molar-refractivity contribution is 0.614. The minimum absolute atomic E-state index is 0.280. The van der Waals surface area contributed by atoms with Gasteiger partial charge in [0.1, 0.15) is 0 Å². The van der Waals surface area contributed by atoms with Crippen molar-refractivity contribution >= 4 is 23.4 Å². The molecule has 2 aromatic rings. The average molecular weight is 268 g/mol. The van der Waals surface area contributed by atoms with Gasteiger partial charge in [-0.15, -0.1) is 10.2 Å². The summed E-state index contributed by atoms with van der Waals surface area (Å²) in [5.74, 6) is 1.81. The summed E-state index contributed by atoms with van der Waals surface area (Å²) in [4.78, 5) is 0. The molecule has 1 unspecified atom stereocenters. The molecule has 0 N–H and O–H groups in total. The summed E-state index contributed by atoms with van der Waals surface area (Å²) in [6, 6.07) is 10.3. The van der Waals surface area contributed by atoms with Crippen LogP contribution in [-0.2, 0) is 0 Å². The predicted molar refractivity (Wildman–Crippen MR) is 73.6 cm³/mol. The maximum atomic E-state index is 6.11. The van der Waals surface area contributed by atoms with Crippen molar-refractivity contribution < 1.29 is 0 Å². The highest BCUT2D eigenvalue weighted by atomic mass is 35.5. The lowest BCUT2D eigenvalue weighted by atomic mass is 10.2. The number of benzene rings is 1. The fraction of sp³-hybridized carbons (Fsp3) is 0.333. The number of nitrogens with zero attached hydrogens (tertiary/aromatic N) is 3. The van der Waals surface area contributed by atoms with Crippen molar-refractivity contribution in [1.29, 1.82) is 0 Å². The van der Waals surface area contributed by atoms with Crippen molar-refractivity contribution in [3.05, 3.63) is 35.6 Å². The Bertz CT molecular complexity index is 484. The third-order valence-corrected chi connectivity index (χ3v) is 3.61. The molecule has 3 nitrogen and oxygen atoms in total. The van der Waals surface area contributed by atoms with Gasteiger partial charge in [0.15, 0.2) is 5.82 Å². The maximum Gasteiger partial charge on any atom is 0.225 e. The van der Waals surface area contributed by atoms with Gasteiger partial charge in [-0.3, -0.25) is 4.57 Å². The molecule has 17 heavy (non-hydrogen) atoms. The van der Waals surface area contributed by atoms with Crippen LogP contribution in [0.15, 0.2) is 30.3 Å². The number of thioether (sulfide) groups is 1. The van der Waals surface area contributed by atoms with E-state index in [0.717, 1.165) is 17.1 Å². The minimum Gasteiger partial charge on any atom is -0.294 e. The molecule has 0 aliphatic carbocycles. The molecule has 2 rings (SSSR count). The lowest BCUT2D eigenvalue weighted by Crippen LogP contribution is -2.09. The predicted octanol–water partition coefficient (Wildman–Crippen LogP) is 3.52. The van der Waals surface area contributed by atoms with E-state index in [1.807, 2.05) is 34.9 Å². The second kappa shape index (κ2) is 5.56. The fourth-order valence-corrected chi connectivity index (χ4v) is 2.68. The number of halogens is 1. The van der Waals surface area contributed by atoms with E-state index in [-0.39, 0.29) is 6.04 Å². The van der Waals surface area contributed by atoms with Gasteiger partial charge in [0.05, 0.1) is 0 Å². The van der Waals surface area contributed by atoms with Crippen LogP contribution < -0.4 is 0 Å². The van der Waals surface area contributed by atoms with E-state index < -0.39 is 0 Å². The molecule has 0 aliphatic heterocycles. The van der Waals surface area contributed by atoms with Gasteiger partial charge < -0.3 is 0 Å². The molecule has 0 amide bonds. The summed E-state index contributed by atoms with van der Waals surface area (Å²) in [5.41, 5.74) is 1.04. The molecule has 5 heteroatoms. The topological polar surface area (TPSA) is 30.7 Å². The summed E-state index contributed by atoms with van der Waals surface area (Å²) >= 11 is 7.89. The van der Waals surface area contributed by atoms with Gasteiger partial charge in [0, 0.05) is 17.4 Å². The summed E-state index contributed by atoms with van der Waals surface area (Å²) in [6.07, 6.45) is 2.08.